The maximum Gasteiger partial charge on any atom is 0.435 e. The van der Waals surface area contributed by atoms with Crippen LogP contribution >= 0.6 is 22.6 Å². The van der Waals surface area contributed by atoms with Crippen molar-refractivity contribution < 1.29 is 43.9 Å². The first kappa shape index (κ1) is 18.3. The molecule has 1 aromatic rings. The standard InChI is InChI=1S/C10H2F10I/c11-7(9(15,16)17,10(18,19)20)4-1-5(8(12,13)14)3-6(21)2-4/h1-2H. The normalized spacial score (nSPS) is 14.4. The van der Waals surface area contributed by atoms with Crippen LogP contribution in [0, 0.1) is 9.64 Å². The third-order valence-corrected chi connectivity index (χ3v) is 2.90. The van der Waals surface area contributed by atoms with E-state index in [2.05, 4.69) is 0 Å². The van der Waals surface area contributed by atoms with E-state index in [1.807, 2.05) is 0 Å². The Balaban J connectivity index is 3.66. The van der Waals surface area contributed by atoms with E-state index in [-0.39, 0.29) is 6.07 Å². The van der Waals surface area contributed by atoms with E-state index in [0.717, 1.165) is 22.6 Å². The highest BCUT2D eigenvalue weighted by molar-refractivity contribution is 14.1. The second-order valence-electron chi connectivity index (χ2n) is 3.78. The fourth-order valence-corrected chi connectivity index (χ4v) is 2.00. The highest BCUT2D eigenvalue weighted by Crippen LogP contribution is 2.53. The molecule has 0 fully saturated rings. The van der Waals surface area contributed by atoms with Gasteiger partial charge in [0.25, 0.3) is 0 Å². The smallest absolute Gasteiger partial charge is 0.218 e. The van der Waals surface area contributed by atoms with Gasteiger partial charge in [0, 0.05) is 15.2 Å². The van der Waals surface area contributed by atoms with E-state index in [1.54, 1.807) is 0 Å². The number of alkyl halides is 10. The van der Waals surface area contributed by atoms with Gasteiger partial charge in [-0.1, -0.05) is 0 Å². The lowest BCUT2D eigenvalue weighted by Gasteiger charge is -2.30. The molecule has 0 N–H and O–H groups in total. The Labute approximate surface area is 124 Å². The van der Waals surface area contributed by atoms with Crippen LogP contribution in [0.4, 0.5) is 43.9 Å². The number of hydrogen-bond donors (Lipinski definition) is 0. The molecule has 1 aromatic carbocycles. The summed E-state index contributed by atoms with van der Waals surface area (Å²) in [5.74, 6) is 0. The van der Waals surface area contributed by atoms with Gasteiger partial charge in [-0.3, -0.25) is 0 Å². The van der Waals surface area contributed by atoms with Crippen LogP contribution in [0.1, 0.15) is 11.1 Å². The number of hydrogen-bond acceptors (Lipinski definition) is 0. The molecule has 1 rings (SSSR count). The highest BCUT2D eigenvalue weighted by atomic mass is 127. The predicted molar refractivity (Wildman–Crippen MR) is 57.9 cm³/mol. The fourth-order valence-electron chi connectivity index (χ4n) is 1.37. The summed E-state index contributed by atoms with van der Waals surface area (Å²) in [5.41, 5.74) is -10.0. The Morgan fingerprint density at radius 1 is 0.762 bits per heavy atom. The number of rotatable bonds is 1. The molecule has 0 heterocycles. The summed E-state index contributed by atoms with van der Waals surface area (Å²) < 4.78 is 125. The summed E-state index contributed by atoms with van der Waals surface area (Å²) in [6.45, 7) is 0. The van der Waals surface area contributed by atoms with Crippen molar-refractivity contribution in [2.45, 2.75) is 24.2 Å². The summed E-state index contributed by atoms with van der Waals surface area (Å²) in [4.78, 5) is 0. The second kappa shape index (κ2) is 5.16. The summed E-state index contributed by atoms with van der Waals surface area (Å²) in [7, 11) is 0. The van der Waals surface area contributed by atoms with E-state index >= 15 is 0 Å². The maximum absolute atomic E-state index is 13.7. The molecule has 119 valence electrons. The van der Waals surface area contributed by atoms with Crippen LogP contribution in [0.25, 0.3) is 0 Å². The minimum absolute atomic E-state index is 0.0107. The van der Waals surface area contributed by atoms with E-state index in [9.17, 15) is 43.9 Å². The lowest BCUT2D eigenvalue weighted by atomic mass is 9.92. The minimum Gasteiger partial charge on any atom is -0.218 e. The topological polar surface area (TPSA) is 0 Å². The molecule has 0 unspecified atom stereocenters. The quantitative estimate of drug-likeness (QED) is 0.407. The van der Waals surface area contributed by atoms with Crippen molar-refractivity contribution in [3.8, 4) is 0 Å². The summed E-state index contributed by atoms with van der Waals surface area (Å²) >= 11 is 1.01. The van der Waals surface area contributed by atoms with Gasteiger partial charge in [-0.05, 0) is 34.7 Å². The number of benzene rings is 1. The van der Waals surface area contributed by atoms with Gasteiger partial charge in [0.2, 0.25) is 0 Å². The van der Waals surface area contributed by atoms with Crippen molar-refractivity contribution in [2.24, 2.45) is 0 Å². The largest absolute Gasteiger partial charge is 0.435 e. The molecule has 0 saturated carbocycles. The summed E-state index contributed by atoms with van der Waals surface area (Å²) in [6, 6.07) is 0.981. The highest BCUT2D eigenvalue weighted by Gasteiger charge is 2.73. The van der Waals surface area contributed by atoms with Crippen LogP contribution in [0.3, 0.4) is 0 Å². The molecular formula is C10H2F10I. The van der Waals surface area contributed by atoms with Crippen LogP contribution in [0.2, 0.25) is 0 Å². The minimum atomic E-state index is -6.47. The summed E-state index contributed by atoms with van der Waals surface area (Å²) in [6.07, 6.45) is -18.2. The van der Waals surface area contributed by atoms with Gasteiger partial charge in [0.1, 0.15) is 0 Å². The summed E-state index contributed by atoms with van der Waals surface area (Å²) in [5, 5.41) is 0. The lowest BCUT2D eigenvalue weighted by Crippen LogP contribution is -2.50. The van der Waals surface area contributed by atoms with E-state index in [1.165, 1.54) is 6.07 Å². The SMILES string of the molecule is FC(F)(F)c1[c]c(I)cc(C(F)(C(F)(F)F)C(F)(F)F)c1. The Morgan fingerprint density at radius 2 is 1.19 bits per heavy atom. The third-order valence-electron chi connectivity index (χ3n) is 2.32. The number of halogens is 11. The van der Waals surface area contributed by atoms with Gasteiger partial charge in [-0.25, -0.2) is 4.39 Å². The fraction of sp³-hybridized carbons (Fsp3) is 0.400. The molecule has 1 radical (unpaired) electrons. The molecule has 0 amide bonds. The zero-order chi connectivity index (χ0) is 16.9. The van der Waals surface area contributed by atoms with Crippen LogP contribution in [-0.2, 0) is 11.8 Å². The molecule has 0 nitrogen and oxygen atoms in total. The Hall–Kier alpha value is -0.750. The Kier molecular flexibility index (Phi) is 4.50. The molecule has 11 heteroatoms. The van der Waals surface area contributed by atoms with Crippen molar-refractivity contribution in [1.29, 1.82) is 0 Å². The maximum atomic E-state index is 13.7. The molecular weight excluding hydrogens is 437 g/mol. The van der Waals surface area contributed by atoms with Crippen LogP contribution < -0.4 is 0 Å². The molecule has 0 aromatic heterocycles. The molecule has 0 atom stereocenters. The molecule has 0 bridgehead atoms. The van der Waals surface area contributed by atoms with Gasteiger partial charge in [0.05, 0.1) is 5.56 Å². The van der Waals surface area contributed by atoms with Crippen LogP contribution in [0.5, 0.6) is 0 Å². The van der Waals surface area contributed by atoms with Crippen molar-refractivity contribution >= 4 is 22.6 Å². The van der Waals surface area contributed by atoms with E-state index in [0.29, 0.717) is 0 Å². The zero-order valence-corrected chi connectivity index (χ0v) is 11.5. The Morgan fingerprint density at radius 3 is 1.52 bits per heavy atom. The lowest BCUT2D eigenvalue weighted by molar-refractivity contribution is -0.348. The molecule has 0 aliphatic rings. The molecule has 0 saturated heterocycles. The molecule has 21 heavy (non-hydrogen) atoms. The second-order valence-corrected chi connectivity index (χ2v) is 4.94. The van der Waals surface area contributed by atoms with Crippen molar-refractivity contribution in [3.63, 3.8) is 0 Å². The van der Waals surface area contributed by atoms with E-state index < -0.39 is 45.0 Å². The average molecular weight is 439 g/mol. The van der Waals surface area contributed by atoms with Crippen LogP contribution in [-0.4, -0.2) is 12.4 Å². The van der Waals surface area contributed by atoms with Gasteiger partial charge >= 0.3 is 24.2 Å². The first-order valence-corrected chi connectivity index (χ1v) is 5.81. The van der Waals surface area contributed by atoms with Crippen molar-refractivity contribution in [3.05, 3.63) is 32.9 Å². The average Bonchev–Trinajstić information content (AvgIpc) is 2.22. The predicted octanol–water partition coefficient (Wildman–Crippen LogP) is 5.40. The van der Waals surface area contributed by atoms with Crippen LogP contribution in [0.15, 0.2) is 12.1 Å². The third kappa shape index (κ3) is 3.37. The monoisotopic (exact) mass is 439 g/mol. The van der Waals surface area contributed by atoms with E-state index in [4.69, 9.17) is 0 Å². The first-order valence-electron chi connectivity index (χ1n) is 4.73. The molecule has 0 aliphatic heterocycles. The Bertz CT molecular complexity index is 510. The van der Waals surface area contributed by atoms with Gasteiger partial charge in [0.15, 0.2) is 0 Å². The van der Waals surface area contributed by atoms with Gasteiger partial charge in [-0.15, -0.1) is 0 Å². The van der Waals surface area contributed by atoms with Gasteiger partial charge < -0.3 is 0 Å². The van der Waals surface area contributed by atoms with Crippen molar-refractivity contribution in [2.75, 3.05) is 0 Å². The zero-order valence-electron chi connectivity index (χ0n) is 9.31. The van der Waals surface area contributed by atoms with Gasteiger partial charge in [-0.2, -0.15) is 39.5 Å². The first-order chi connectivity index (χ1) is 9.10. The van der Waals surface area contributed by atoms with Crippen molar-refractivity contribution in [1.82, 2.24) is 0 Å². The molecule has 0 aliphatic carbocycles. The molecule has 0 spiro atoms.